The van der Waals surface area contributed by atoms with Crippen LogP contribution in [-0.2, 0) is 0 Å². The highest BCUT2D eigenvalue weighted by molar-refractivity contribution is 5.33. The van der Waals surface area contributed by atoms with Gasteiger partial charge in [0, 0.05) is 0 Å². The van der Waals surface area contributed by atoms with Crippen LogP contribution in [-0.4, -0.2) is 6.61 Å². The Hall–Kier alpha value is -1.52. The smallest absolute Gasteiger partial charge is 0.387 e. The third-order valence-corrected chi connectivity index (χ3v) is 5.40. The Kier molecular flexibility index (Phi) is 9.16. The summed E-state index contributed by atoms with van der Waals surface area (Å²) in [6.07, 6.45) is 15.5. The Balaban J connectivity index is 1.77. The first-order valence-electron chi connectivity index (χ1n) is 10.1. The van der Waals surface area contributed by atoms with Gasteiger partial charge in [0.05, 0.1) is 0 Å². The minimum absolute atomic E-state index is 0.0860. The molecule has 1 saturated carbocycles. The number of unbranched alkanes of at least 4 members (excludes halogenated alkanes) is 3. The summed E-state index contributed by atoms with van der Waals surface area (Å²) in [4.78, 5) is 0. The lowest BCUT2D eigenvalue weighted by Crippen LogP contribution is -2.14. The van der Waals surface area contributed by atoms with Gasteiger partial charge in [-0.15, -0.1) is 0 Å². The van der Waals surface area contributed by atoms with Gasteiger partial charge in [0.1, 0.15) is 0 Å². The highest BCUT2D eigenvalue weighted by Gasteiger charge is 2.25. The third-order valence-electron chi connectivity index (χ3n) is 5.40. The fourth-order valence-electron chi connectivity index (χ4n) is 3.90. The average Bonchev–Trinajstić information content (AvgIpc) is 2.64. The predicted molar refractivity (Wildman–Crippen MR) is 100 cm³/mol. The van der Waals surface area contributed by atoms with E-state index in [9.17, 15) is 17.6 Å². The zero-order valence-corrected chi connectivity index (χ0v) is 16.0. The van der Waals surface area contributed by atoms with E-state index in [1.54, 1.807) is 0 Å². The molecule has 5 heteroatoms. The van der Waals surface area contributed by atoms with Gasteiger partial charge in [-0.05, 0) is 74.5 Å². The van der Waals surface area contributed by atoms with Gasteiger partial charge >= 0.3 is 6.61 Å². The van der Waals surface area contributed by atoms with E-state index >= 15 is 0 Å². The molecule has 1 aromatic carbocycles. The number of hydrogen-bond donors (Lipinski definition) is 0. The molecule has 0 radical (unpaired) electrons. The molecule has 1 fully saturated rings. The van der Waals surface area contributed by atoms with Gasteiger partial charge in [-0.1, -0.05) is 38.3 Å². The monoisotopic (exact) mass is 386 g/mol. The minimum atomic E-state index is -3.24. The molecule has 0 aromatic heterocycles. The lowest BCUT2D eigenvalue weighted by molar-refractivity contribution is -0.0546. The van der Waals surface area contributed by atoms with Crippen molar-refractivity contribution in [3.8, 4) is 5.75 Å². The molecule has 1 aliphatic rings. The Bertz CT molecular complexity index is 569. The lowest BCUT2D eigenvalue weighted by atomic mass is 9.77. The second-order valence-electron chi connectivity index (χ2n) is 7.45. The van der Waals surface area contributed by atoms with E-state index in [-0.39, 0.29) is 5.92 Å². The Morgan fingerprint density at radius 1 is 1.00 bits per heavy atom. The maximum atomic E-state index is 13.9. The predicted octanol–water partition coefficient (Wildman–Crippen LogP) is 7.76. The summed E-state index contributed by atoms with van der Waals surface area (Å²) in [5.74, 6) is -2.33. The highest BCUT2D eigenvalue weighted by atomic mass is 19.3. The number of alkyl halides is 2. The quantitative estimate of drug-likeness (QED) is 0.227. The van der Waals surface area contributed by atoms with Crippen LogP contribution in [0, 0.1) is 17.6 Å². The molecule has 0 spiro atoms. The van der Waals surface area contributed by atoms with Crippen molar-refractivity contribution in [3.05, 3.63) is 41.5 Å². The van der Waals surface area contributed by atoms with E-state index in [1.807, 2.05) is 0 Å². The topological polar surface area (TPSA) is 9.23 Å². The van der Waals surface area contributed by atoms with Crippen LogP contribution >= 0.6 is 0 Å². The molecule has 0 N–H and O–H groups in total. The molecule has 0 bridgehead atoms. The first kappa shape index (κ1) is 21.8. The fourth-order valence-corrected chi connectivity index (χ4v) is 3.90. The maximum absolute atomic E-state index is 13.9. The molecule has 1 nitrogen and oxygen atoms in total. The van der Waals surface area contributed by atoms with Gasteiger partial charge < -0.3 is 4.74 Å². The maximum Gasteiger partial charge on any atom is 0.387 e. The van der Waals surface area contributed by atoms with Crippen LogP contribution in [0.4, 0.5) is 17.6 Å². The third kappa shape index (κ3) is 7.19. The molecule has 0 amide bonds. The average molecular weight is 386 g/mol. The molecule has 152 valence electrons. The SMILES string of the molecule is CCC/C=C/CCCC[C@H]1CC[C@H](c2cc(F)c(OC(F)F)c(F)c2)CC1. The fraction of sp³-hybridized carbons (Fsp3) is 0.636. The van der Waals surface area contributed by atoms with Crippen LogP contribution in [0.5, 0.6) is 5.75 Å². The molecule has 2 rings (SSSR count). The van der Waals surface area contributed by atoms with Crippen molar-refractivity contribution in [2.75, 3.05) is 0 Å². The minimum Gasteiger partial charge on any atom is -0.429 e. The van der Waals surface area contributed by atoms with Crippen LogP contribution in [0.1, 0.15) is 82.6 Å². The van der Waals surface area contributed by atoms with Crippen LogP contribution < -0.4 is 4.74 Å². The molecule has 0 aliphatic heterocycles. The van der Waals surface area contributed by atoms with Gasteiger partial charge in [-0.3, -0.25) is 0 Å². The van der Waals surface area contributed by atoms with E-state index in [4.69, 9.17) is 0 Å². The van der Waals surface area contributed by atoms with Gasteiger partial charge in [0.25, 0.3) is 0 Å². The lowest BCUT2D eigenvalue weighted by Gasteiger charge is -2.29. The van der Waals surface area contributed by atoms with E-state index in [2.05, 4.69) is 23.8 Å². The molecular weight excluding hydrogens is 356 g/mol. The summed E-state index contributed by atoms with van der Waals surface area (Å²) in [5, 5.41) is 0. The standard InChI is InChI=1S/C22H30F4O/c1-2-3-4-5-6-7-8-9-16-10-12-17(13-11-16)18-14-19(23)21(20(24)15-18)27-22(25)26/h4-5,14-17,22H,2-3,6-13H2,1H3/b5-4+/t16-,17-. The van der Waals surface area contributed by atoms with E-state index in [0.29, 0.717) is 11.5 Å². The molecule has 0 heterocycles. The molecular formula is C22H30F4O. The van der Waals surface area contributed by atoms with Gasteiger partial charge in [-0.2, -0.15) is 8.78 Å². The second-order valence-corrected chi connectivity index (χ2v) is 7.45. The van der Waals surface area contributed by atoms with Crippen LogP contribution in [0.15, 0.2) is 24.3 Å². The van der Waals surface area contributed by atoms with E-state index < -0.39 is 24.0 Å². The zero-order valence-electron chi connectivity index (χ0n) is 16.0. The van der Waals surface area contributed by atoms with Gasteiger partial charge in [0.2, 0.25) is 0 Å². The number of ether oxygens (including phenoxy) is 1. The van der Waals surface area contributed by atoms with Gasteiger partial charge in [-0.25, -0.2) is 8.78 Å². The number of rotatable bonds is 10. The Labute approximate surface area is 159 Å². The van der Waals surface area contributed by atoms with Crippen molar-refractivity contribution in [1.82, 2.24) is 0 Å². The van der Waals surface area contributed by atoms with Crippen molar-refractivity contribution in [3.63, 3.8) is 0 Å². The molecule has 0 unspecified atom stereocenters. The van der Waals surface area contributed by atoms with Crippen LogP contribution in [0.3, 0.4) is 0 Å². The molecule has 0 atom stereocenters. The van der Waals surface area contributed by atoms with E-state index in [0.717, 1.165) is 50.7 Å². The summed E-state index contributed by atoms with van der Waals surface area (Å²) in [6, 6.07) is 2.29. The number of hydrogen-bond acceptors (Lipinski definition) is 1. The number of halogens is 4. The first-order chi connectivity index (χ1) is 13.0. The van der Waals surface area contributed by atoms with Crippen LogP contribution in [0.2, 0.25) is 0 Å². The largest absolute Gasteiger partial charge is 0.429 e. The van der Waals surface area contributed by atoms with Crippen LogP contribution in [0.25, 0.3) is 0 Å². The Morgan fingerprint density at radius 2 is 1.63 bits per heavy atom. The number of benzene rings is 1. The summed E-state index contributed by atoms with van der Waals surface area (Å²) in [5.41, 5.74) is 0.547. The van der Waals surface area contributed by atoms with Crippen molar-refractivity contribution in [2.45, 2.75) is 83.7 Å². The Morgan fingerprint density at radius 3 is 2.22 bits per heavy atom. The zero-order chi connectivity index (χ0) is 19.6. The normalized spacial score (nSPS) is 20.5. The molecule has 1 aliphatic carbocycles. The van der Waals surface area contributed by atoms with Gasteiger partial charge in [0.15, 0.2) is 17.4 Å². The summed E-state index contributed by atoms with van der Waals surface area (Å²) < 4.78 is 56.2. The van der Waals surface area contributed by atoms with E-state index in [1.165, 1.54) is 25.7 Å². The van der Waals surface area contributed by atoms with Crippen molar-refractivity contribution in [1.29, 1.82) is 0 Å². The summed E-state index contributed by atoms with van der Waals surface area (Å²) >= 11 is 0. The molecule has 1 aromatic rings. The molecule has 0 saturated heterocycles. The number of allylic oxidation sites excluding steroid dienone is 2. The van der Waals surface area contributed by atoms with Crippen molar-refractivity contribution in [2.24, 2.45) is 5.92 Å². The van der Waals surface area contributed by atoms with Crippen molar-refractivity contribution < 1.29 is 22.3 Å². The molecule has 27 heavy (non-hydrogen) atoms. The summed E-state index contributed by atoms with van der Waals surface area (Å²) in [7, 11) is 0. The second kappa shape index (κ2) is 11.4. The highest BCUT2D eigenvalue weighted by Crippen LogP contribution is 2.39. The van der Waals surface area contributed by atoms with Crippen molar-refractivity contribution >= 4 is 0 Å². The summed E-state index contributed by atoms with van der Waals surface area (Å²) in [6.45, 7) is -1.06. The first-order valence-corrected chi connectivity index (χ1v) is 10.1.